The summed E-state index contributed by atoms with van der Waals surface area (Å²) in [5.41, 5.74) is 4.07. The molecule has 2 heterocycles. The molecule has 5 heteroatoms. The van der Waals surface area contributed by atoms with Gasteiger partial charge < -0.3 is 9.30 Å². The SMILES string of the molecule is COc1ccc2c3ccnc(C)c3n(CCC3C(=O)c4ccccc4C3=O)c2c1. The third-order valence-corrected chi connectivity index (χ3v) is 5.90. The van der Waals surface area contributed by atoms with Crippen LogP contribution < -0.4 is 4.74 Å². The lowest BCUT2D eigenvalue weighted by Crippen LogP contribution is -2.17. The smallest absolute Gasteiger partial charge is 0.174 e. The number of benzene rings is 2. The van der Waals surface area contributed by atoms with Crippen molar-refractivity contribution in [3.05, 3.63) is 71.5 Å². The van der Waals surface area contributed by atoms with Gasteiger partial charge in [-0.25, -0.2) is 0 Å². The quantitative estimate of drug-likeness (QED) is 0.483. The molecule has 2 aromatic heterocycles. The van der Waals surface area contributed by atoms with Crippen LogP contribution in [0.1, 0.15) is 32.8 Å². The maximum atomic E-state index is 12.8. The first-order valence-electron chi connectivity index (χ1n) is 9.69. The first-order valence-corrected chi connectivity index (χ1v) is 9.69. The number of aryl methyl sites for hydroxylation is 2. The largest absolute Gasteiger partial charge is 0.497 e. The first-order chi connectivity index (χ1) is 14.1. The van der Waals surface area contributed by atoms with E-state index in [0.29, 0.717) is 24.1 Å². The van der Waals surface area contributed by atoms with Gasteiger partial charge in [0.15, 0.2) is 11.6 Å². The Morgan fingerprint density at radius 3 is 2.41 bits per heavy atom. The second-order valence-corrected chi connectivity index (χ2v) is 7.44. The number of rotatable bonds is 4. The molecule has 144 valence electrons. The molecule has 0 spiro atoms. The highest BCUT2D eigenvalue weighted by molar-refractivity contribution is 6.26. The van der Waals surface area contributed by atoms with E-state index in [4.69, 9.17) is 4.74 Å². The van der Waals surface area contributed by atoms with Gasteiger partial charge >= 0.3 is 0 Å². The van der Waals surface area contributed by atoms with E-state index in [0.717, 1.165) is 33.2 Å². The molecule has 4 aromatic rings. The minimum atomic E-state index is -0.623. The molecule has 0 bridgehead atoms. The number of Topliss-reactive ketones (excluding diaryl/α,β-unsaturated/α-hetero) is 2. The van der Waals surface area contributed by atoms with E-state index in [1.54, 1.807) is 31.4 Å². The molecule has 1 aliphatic carbocycles. The Morgan fingerprint density at radius 2 is 1.72 bits per heavy atom. The average molecular weight is 384 g/mol. The van der Waals surface area contributed by atoms with E-state index < -0.39 is 5.92 Å². The van der Waals surface area contributed by atoms with Crippen LogP contribution in [0.15, 0.2) is 54.7 Å². The Hall–Kier alpha value is -3.47. The Bertz CT molecular complexity index is 1270. The molecule has 0 saturated carbocycles. The lowest BCUT2D eigenvalue weighted by atomic mass is 10.00. The fraction of sp³-hybridized carbons (Fsp3) is 0.208. The summed E-state index contributed by atoms with van der Waals surface area (Å²) in [6.07, 6.45) is 2.27. The first kappa shape index (κ1) is 17.6. The molecule has 5 nitrogen and oxygen atoms in total. The van der Waals surface area contributed by atoms with Crippen LogP contribution in [0.2, 0.25) is 0 Å². The molecular formula is C24H20N2O3. The van der Waals surface area contributed by atoms with Crippen LogP contribution in [0.4, 0.5) is 0 Å². The lowest BCUT2D eigenvalue weighted by Gasteiger charge is -2.12. The van der Waals surface area contributed by atoms with Crippen molar-refractivity contribution in [3.63, 3.8) is 0 Å². The van der Waals surface area contributed by atoms with Crippen LogP contribution in [0.25, 0.3) is 21.8 Å². The average Bonchev–Trinajstić information content (AvgIpc) is 3.19. The number of hydrogen-bond donors (Lipinski definition) is 0. The molecule has 0 atom stereocenters. The molecule has 5 rings (SSSR count). The third-order valence-electron chi connectivity index (χ3n) is 5.90. The second-order valence-electron chi connectivity index (χ2n) is 7.44. The fourth-order valence-corrected chi connectivity index (χ4v) is 4.49. The number of carbonyl (C=O) groups is 2. The number of fused-ring (bicyclic) bond motifs is 4. The van der Waals surface area contributed by atoms with Gasteiger partial charge in [-0.05, 0) is 31.5 Å². The van der Waals surface area contributed by atoms with E-state index >= 15 is 0 Å². The number of nitrogens with zero attached hydrogens (tertiary/aromatic N) is 2. The normalized spacial score (nSPS) is 14.1. The minimum absolute atomic E-state index is 0.0706. The minimum Gasteiger partial charge on any atom is -0.497 e. The van der Waals surface area contributed by atoms with Crippen molar-refractivity contribution in [1.82, 2.24) is 9.55 Å². The second kappa shape index (κ2) is 6.55. The van der Waals surface area contributed by atoms with E-state index in [2.05, 4.69) is 9.55 Å². The van der Waals surface area contributed by atoms with Crippen LogP contribution >= 0.6 is 0 Å². The van der Waals surface area contributed by atoms with Gasteiger partial charge in [0, 0.05) is 40.7 Å². The standard InChI is InChI=1S/C24H20N2O3/c1-14-22-17(9-11-25-14)16-8-7-15(29-2)13-21(16)26(22)12-10-20-23(27)18-5-3-4-6-19(18)24(20)28/h3-9,11,13,20H,10,12H2,1-2H3. The van der Waals surface area contributed by atoms with Gasteiger partial charge in [0.25, 0.3) is 0 Å². The Labute approximate surface area is 167 Å². The number of pyridine rings is 1. The summed E-state index contributed by atoms with van der Waals surface area (Å²) in [5, 5.41) is 2.22. The molecule has 29 heavy (non-hydrogen) atoms. The van der Waals surface area contributed by atoms with Gasteiger partial charge in [0.2, 0.25) is 0 Å². The summed E-state index contributed by atoms with van der Waals surface area (Å²) in [4.78, 5) is 30.1. The summed E-state index contributed by atoms with van der Waals surface area (Å²) in [6.45, 7) is 2.53. The van der Waals surface area contributed by atoms with Gasteiger partial charge in [0.05, 0.1) is 29.8 Å². The zero-order valence-electron chi connectivity index (χ0n) is 16.3. The molecule has 2 aromatic carbocycles. The predicted molar refractivity (Wildman–Crippen MR) is 112 cm³/mol. The zero-order valence-corrected chi connectivity index (χ0v) is 16.3. The number of hydrogen-bond acceptors (Lipinski definition) is 4. The van der Waals surface area contributed by atoms with Crippen LogP contribution in [0, 0.1) is 12.8 Å². The fourth-order valence-electron chi connectivity index (χ4n) is 4.49. The van der Waals surface area contributed by atoms with Crippen molar-refractivity contribution in [1.29, 1.82) is 0 Å². The Balaban J connectivity index is 1.58. The third kappa shape index (κ3) is 2.58. The van der Waals surface area contributed by atoms with E-state index in [9.17, 15) is 9.59 Å². The summed E-state index contributed by atoms with van der Waals surface area (Å²) in [6, 6.07) is 15.1. The predicted octanol–water partition coefficient (Wildman–Crippen LogP) is 4.59. The summed E-state index contributed by atoms with van der Waals surface area (Å²) in [7, 11) is 1.65. The van der Waals surface area contributed by atoms with Crippen molar-refractivity contribution in [2.45, 2.75) is 19.9 Å². The molecule has 0 radical (unpaired) electrons. The highest BCUT2D eigenvalue weighted by Gasteiger charge is 2.37. The summed E-state index contributed by atoms with van der Waals surface area (Å²) >= 11 is 0. The van der Waals surface area contributed by atoms with Crippen molar-refractivity contribution in [3.8, 4) is 5.75 Å². The molecule has 0 aliphatic heterocycles. The molecule has 0 N–H and O–H groups in total. The molecule has 0 fully saturated rings. The number of aromatic nitrogens is 2. The summed E-state index contributed by atoms with van der Waals surface area (Å²) in [5.74, 6) is 0.00710. The van der Waals surface area contributed by atoms with Crippen molar-refractivity contribution < 1.29 is 14.3 Å². The molecule has 0 unspecified atom stereocenters. The van der Waals surface area contributed by atoms with Gasteiger partial charge in [-0.3, -0.25) is 14.6 Å². The Kier molecular flexibility index (Phi) is 3.98. The van der Waals surface area contributed by atoms with Crippen LogP contribution in [-0.2, 0) is 6.54 Å². The number of ether oxygens (including phenoxy) is 1. The summed E-state index contributed by atoms with van der Waals surface area (Å²) < 4.78 is 7.59. The van der Waals surface area contributed by atoms with Crippen molar-refractivity contribution in [2.24, 2.45) is 5.92 Å². The maximum absolute atomic E-state index is 12.8. The van der Waals surface area contributed by atoms with Crippen LogP contribution in [0.3, 0.4) is 0 Å². The monoisotopic (exact) mass is 384 g/mol. The number of methoxy groups -OCH3 is 1. The van der Waals surface area contributed by atoms with Gasteiger partial charge in [-0.1, -0.05) is 24.3 Å². The highest BCUT2D eigenvalue weighted by atomic mass is 16.5. The van der Waals surface area contributed by atoms with Crippen LogP contribution in [-0.4, -0.2) is 28.2 Å². The molecule has 1 aliphatic rings. The number of carbonyl (C=O) groups excluding carboxylic acids is 2. The van der Waals surface area contributed by atoms with Gasteiger partial charge in [-0.15, -0.1) is 0 Å². The van der Waals surface area contributed by atoms with E-state index in [1.807, 2.05) is 37.4 Å². The van der Waals surface area contributed by atoms with Crippen molar-refractivity contribution in [2.75, 3.05) is 7.11 Å². The van der Waals surface area contributed by atoms with Crippen molar-refractivity contribution >= 4 is 33.4 Å². The topological polar surface area (TPSA) is 61.2 Å². The molecular weight excluding hydrogens is 364 g/mol. The van der Waals surface area contributed by atoms with E-state index in [1.165, 1.54) is 0 Å². The number of ketones is 2. The van der Waals surface area contributed by atoms with Gasteiger partial charge in [-0.2, -0.15) is 0 Å². The Morgan fingerprint density at radius 1 is 1.00 bits per heavy atom. The van der Waals surface area contributed by atoms with E-state index in [-0.39, 0.29) is 11.6 Å². The molecule has 0 saturated heterocycles. The maximum Gasteiger partial charge on any atom is 0.174 e. The lowest BCUT2D eigenvalue weighted by molar-refractivity contribution is 0.0828. The zero-order chi connectivity index (χ0) is 20.1. The highest BCUT2D eigenvalue weighted by Crippen LogP contribution is 2.34. The molecule has 0 amide bonds. The van der Waals surface area contributed by atoms with Crippen LogP contribution in [0.5, 0.6) is 5.75 Å². The van der Waals surface area contributed by atoms with Gasteiger partial charge in [0.1, 0.15) is 5.75 Å².